The number of nitrogens with zero attached hydrogens (tertiary/aromatic N) is 2. The zero-order valence-electron chi connectivity index (χ0n) is 14.1. The van der Waals surface area contributed by atoms with Gasteiger partial charge in [-0.25, -0.2) is 4.79 Å². The molecule has 1 heterocycles. The number of carbonyl (C=O) groups is 1. The van der Waals surface area contributed by atoms with Crippen molar-refractivity contribution in [3.8, 4) is 0 Å². The van der Waals surface area contributed by atoms with Crippen LogP contribution in [-0.4, -0.2) is 37.1 Å². The number of carbonyl (C=O) groups excluding carboxylic acids is 1. The molecule has 126 valence electrons. The lowest BCUT2D eigenvalue weighted by molar-refractivity contribution is 0.208. The first-order chi connectivity index (χ1) is 11.5. The Balaban J connectivity index is 1.59. The fourth-order valence-corrected chi connectivity index (χ4v) is 3.12. The minimum absolute atomic E-state index is 0.0700. The van der Waals surface area contributed by atoms with Gasteiger partial charge in [0, 0.05) is 42.6 Å². The molecule has 1 saturated heterocycles. The first-order valence-corrected chi connectivity index (χ1v) is 8.55. The molecule has 1 fully saturated rings. The van der Waals surface area contributed by atoms with Gasteiger partial charge in [0.05, 0.1) is 0 Å². The molecule has 24 heavy (non-hydrogen) atoms. The number of hydrogen-bond acceptors (Lipinski definition) is 2. The predicted octanol–water partition coefficient (Wildman–Crippen LogP) is 4.31. The minimum atomic E-state index is -0.0700. The van der Waals surface area contributed by atoms with Crippen molar-refractivity contribution in [2.24, 2.45) is 0 Å². The summed E-state index contributed by atoms with van der Waals surface area (Å²) in [5, 5.41) is 3.59. The summed E-state index contributed by atoms with van der Waals surface area (Å²) in [5.41, 5.74) is 4.26. The molecule has 2 amide bonds. The first-order valence-electron chi connectivity index (χ1n) is 8.17. The molecule has 1 aliphatic heterocycles. The van der Waals surface area contributed by atoms with Crippen LogP contribution in [0.4, 0.5) is 16.2 Å². The number of nitrogens with one attached hydrogen (secondary N) is 1. The van der Waals surface area contributed by atoms with Gasteiger partial charge in [-0.15, -0.1) is 0 Å². The predicted molar refractivity (Wildman–Crippen MR) is 100 cm³/mol. The van der Waals surface area contributed by atoms with Gasteiger partial charge in [0.15, 0.2) is 0 Å². The molecule has 4 nitrogen and oxygen atoms in total. The second-order valence-electron chi connectivity index (χ2n) is 6.15. The number of anilines is 2. The Bertz CT molecular complexity index is 739. The van der Waals surface area contributed by atoms with Crippen molar-refractivity contribution in [1.29, 1.82) is 0 Å². The highest BCUT2D eigenvalue weighted by Crippen LogP contribution is 2.22. The standard InChI is InChI=1S/C19H22ClN3O/c1-14-7-8-16(13-17(14)20)21-19(24)23-11-9-22(10-12-23)18-6-4-3-5-15(18)2/h3-8,13H,9-12H2,1-2H3,(H,21,24). The van der Waals surface area contributed by atoms with E-state index in [0.717, 1.165) is 24.3 Å². The molecule has 3 rings (SSSR count). The Morgan fingerprint density at radius 2 is 1.71 bits per heavy atom. The first kappa shape index (κ1) is 16.7. The largest absolute Gasteiger partial charge is 0.368 e. The zero-order valence-corrected chi connectivity index (χ0v) is 14.8. The SMILES string of the molecule is Cc1ccc(NC(=O)N2CCN(c3ccccc3C)CC2)cc1Cl. The number of piperazine rings is 1. The number of rotatable bonds is 2. The van der Waals surface area contributed by atoms with Crippen LogP contribution in [0, 0.1) is 13.8 Å². The van der Waals surface area contributed by atoms with E-state index in [1.54, 1.807) is 6.07 Å². The number of halogens is 1. The summed E-state index contributed by atoms with van der Waals surface area (Å²) >= 11 is 6.11. The second kappa shape index (κ2) is 7.14. The van der Waals surface area contributed by atoms with E-state index in [4.69, 9.17) is 11.6 Å². The maximum atomic E-state index is 12.4. The summed E-state index contributed by atoms with van der Waals surface area (Å²) in [6.07, 6.45) is 0. The second-order valence-corrected chi connectivity index (χ2v) is 6.56. The van der Waals surface area contributed by atoms with E-state index < -0.39 is 0 Å². The molecule has 2 aromatic carbocycles. The van der Waals surface area contributed by atoms with Crippen LogP contribution < -0.4 is 10.2 Å². The number of amides is 2. The van der Waals surface area contributed by atoms with Gasteiger partial charge in [-0.2, -0.15) is 0 Å². The third kappa shape index (κ3) is 3.65. The number of benzene rings is 2. The summed E-state index contributed by atoms with van der Waals surface area (Å²) in [4.78, 5) is 16.6. The highest BCUT2D eigenvalue weighted by atomic mass is 35.5. The van der Waals surface area contributed by atoms with Gasteiger partial charge < -0.3 is 15.1 Å². The van der Waals surface area contributed by atoms with Gasteiger partial charge in [0.25, 0.3) is 0 Å². The summed E-state index contributed by atoms with van der Waals surface area (Å²) < 4.78 is 0. The van der Waals surface area contributed by atoms with Crippen molar-refractivity contribution >= 4 is 29.0 Å². The molecule has 1 aliphatic rings. The molecule has 0 spiro atoms. The minimum Gasteiger partial charge on any atom is -0.368 e. The molecule has 0 radical (unpaired) electrons. The fraction of sp³-hybridized carbons (Fsp3) is 0.316. The lowest BCUT2D eigenvalue weighted by atomic mass is 10.1. The maximum absolute atomic E-state index is 12.4. The van der Waals surface area contributed by atoms with Gasteiger partial charge in [0.1, 0.15) is 0 Å². The van der Waals surface area contributed by atoms with Crippen molar-refractivity contribution in [3.63, 3.8) is 0 Å². The Hall–Kier alpha value is -2.20. The molecule has 0 unspecified atom stereocenters. The summed E-state index contributed by atoms with van der Waals surface area (Å²) in [5.74, 6) is 0. The van der Waals surface area contributed by atoms with Gasteiger partial charge >= 0.3 is 6.03 Å². The molecule has 0 atom stereocenters. The van der Waals surface area contributed by atoms with Crippen LogP contribution in [0.25, 0.3) is 0 Å². The average molecular weight is 344 g/mol. The molecule has 1 N–H and O–H groups in total. The molecule has 0 aromatic heterocycles. The highest BCUT2D eigenvalue weighted by molar-refractivity contribution is 6.31. The van der Waals surface area contributed by atoms with Crippen LogP contribution >= 0.6 is 11.6 Å². The Labute approximate surface area is 148 Å². The van der Waals surface area contributed by atoms with E-state index in [0.29, 0.717) is 18.1 Å². The normalized spacial score (nSPS) is 14.6. The smallest absolute Gasteiger partial charge is 0.321 e. The quantitative estimate of drug-likeness (QED) is 0.881. The molecule has 0 aliphatic carbocycles. The Morgan fingerprint density at radius 3 is 2.38 bits per heavy atom. The zero-order chi connectivity index (χ0) is 17.1. The summed E-state index contributed by atoms with van der Waals surface area (Å²) in [7, 11) is 0. The van der Waals surface area contributed by atoms with Crippen molar-refractivity contribution in [2.45, 2.75) is 13.8 Å². The number of urea groups is 1. The molecule has 0 saturated carbocycles. The van der Waals surface area contributed by atoms with Crippen LogP contribution in [0.15, 0.2) is 42.5 Å². The van der Waals surface area contributed by atoms with Crippen LogP contribution in [0.2, 0.25) is 5.02 Å². The number of hydrogen-bond donors (Lipinski definition) is 1. The van der Waals surface area contributed by atoms with Crippen molar-refractivity contribution in [3.05, 3.63) is 58.6 Å². The van der Waals surface area contributed by atoms with Gasteiger partial charge in [-0.05, 0) is 43.2 Å². The topological polar surface area (TPSA) is 35.6 Å². The van der Waals surface area contributed by atoms with Crippen molar-refractivity contribution < 1.29 is 4.79 Å². The Kier molecular flexibility index (Phi) is 4.95. The van der Waals surface area contributed by atoms with Gasteiger partial charge in [-0.3, -0.25) is 0 Å². The van der Waals surface area contributed by atoms with Crippen molar-refractivity contribution in [2.75, 3.05) is 36.4 Å². The highest BCUT2D eigenvalue weighted by Gasteiger charge is 2.22. The number of aryl methyl sites for hydroxylation is 2. The molecule has 5 heteroatoms. The van der Waals surface area contributed by atoms with Crippen molar-refractivity contribution in [1.82, 2.24) is 4.90 Å². The van der Waals surface area contributed by atoms with Crippen LogP contribution in [0.5, 0.6) is 0 Å². The fourth-order valence-electron chi connectivity index (χ4n) is 2.94. The number of para-hydroxylation sites is 1. The van der Waals surface area contributed by atoms with Gasteiger partial charge in [0.2, 0.25) is 0 Å². The van der Waals surface area contributed by atoms with Crippen LogP contribution in [0.3, 0.4) is 0 Å². The van der Waals surface area contributed by atoms with Gasteiger partial charge in [-0.1, -0.05) is 35.9 Å². The third-order valence-electron chi connectivity index (χ3n) is 4.45. The van der Waals surface area contributed by atoms with E-state index in [2.05, 4.69) is 41.4 Å². The van der Waals surface area contributed by atoms with E-state index in [-0.39, 0.29) is 6.03 Å². The third-order valence-corrected chi connectivity index (χ3v) is 4.85. The van der Waals surface area contributed by atoms with E-state index >= 15 is 0 Å². The summed E-state index contributed by atoms with van der Waals surface area (Å²) in [6, 6.07) is 13.9. The molecular weight excluding hydrogens is 322 g/mol. The lowest BCUT2D eigenvalue weighted by Crippen LogP contribution is -2.50. The maximum Gasteiger partial charge on any atom is 0.321 e. The van der Waals surface area contributed by atoms with Crippen LogP contribution in [0.1, 0.15) is 11.1 Å². The molecule has 0 bridgehead atoms. The summed E-state index contributed by atoms with van der Waals surface area (Å²) in [6.45, 7) is 7.16. The molecule has 2 aromatic rings. The van der Waals surface area contributed by atoms with E-state index in [1.807, 2.05) is 24.0 Å². The lowest BCUT2D eigenvalue weighted by Gasteiger charge is -2.36. The van der Waals surface area contributed by atoms with E-state index in [1.165, 1.54) is 11.3 Å². The van der Waals surface area contributed by atoms with Crippen LogP contribution in [-0.2, 0) is 0 Å². The average Bonchev–Trinajstić information content (AvgIpc) is 2.59. The Morgan fingerprint density at radius 1 is 1.00 bits per heavy atom. The monoisotopic (exact) mass is 343 g/mol. The van der Waals surface area contributed by atoms with E-state index in [9.17, 15) is 4.79 Å². The molecular formula is C19H22ClN3O.